The van der Waals surface area contributed by atoms with Crippen molar-refractivity contribution < 1.29 is 9.59 Å². The highest BCUT2D eigenvalue weighted by molar-refractivity contribution is 5.74. The first-order valence-corrected chi connectivity index (χ1v) is 2.99. The number of hydrogen-bond acceptors (Lipinski definition) is 3. The van der Waals surface area contributed by atoms with Gasteiger partial charge in [-0.05, 0) is 6.07 Å². The zero-order valence-electron chi connectivity index (χ0n) is 5.73. The van der Waals surface area contributed by atoms with E-state index >= 15 is 0 Å². The van der Waals surface area contributed by atoms with Gasteiger partial charge in [-0.1, -0.05) is 0 Å². The van der Waals surface area contributed by atoms with E-state index in [0.717, 1.165) is 0 Å². The lowest BCUT2D eigenvalue weighted by atomic mass is 10.5. The summed E-state index contributed by atoms with van der Waals surface area (Å²) in [6.45, 7) is 0.00778. The smallest absolute Gasteiger partial charge is 0.239 e. The van der Waals surface area contributed by atoms with Crippen molar-refractivity contribution >= 4 is 12.2 Å². The Labute approximate surface area is 62.8 Å². The molecule has 5 nitrogen and oxygen atoms in total. The van der Waals surface area contributed by atoms with Crippen LogP contribution in [0.25, 0.3) is 0 Å². The second kappa shape index (κ2) is 2.96. The SMILES string of the molecule is NC(=O)Cn1ccc(C=O)n1. The number of aromatic nitrogens is 2. The molecule has 0 fully saturated rings. The molecule has 0 radical (unpaired) electrons. The van der Waals surface area contributed by atoms with Crippen molar-refractivity contribution in [1.29, 1.82) is 0 Å². The van der Waals surface area contributed by atoms with Crippen molar-refractivity contribution in [3.63, 3.8) is 0 Å². The number of nitrogens with zero attached hydrogens (tertiary/aromatic N) is 2. The Balaban J connectivity index is 2.72. The van der Waals surface area contributed by atoms with Gasteiger partial charge in [-0.25, -0.2) is 0 Å². The summed E-state index contributed by atoms with van der Waals surface area (Å²) < 4.78 is 1.31. The van der Waals surface area contributed by atoms with Gasteiger partial charge in [0.1, 0.15) is 12.2 Å². The van der Waals surface area contributed by atoms with Gasteiger partial charge < -0.3 is 5.73 Å². The fraction of sp³-hybridized carbons (Fsp3) is 0.167. The molecule has 1 amide bonds. The van der Waals surface area contributed by atoms with Crippen molar-refractivity contribution in [2.24, 2.45) is 5.73 Å². The molecule has 0 aliphatic heterocycles. The van der Waals surface area contributed by atoms with Crippen molar-refractivity contribution in [2.45, 2.75) is 6.54 Å². The number of rotatable bonds is 3. The lowest BCUT2D eigenvalue weighted by Gasteiger charge is -1.93. The number of carbonyl (C=O) groups excluding carboxylic acids is 2. The van der Waals surface area contributed by atoms with Gasteiger partial charge >= 0.3 is 0 Å². The van der Waals surface area contributed by atoms with Crippen LogP contribution in [0.1, 0.15) is 10.5 Å². The third-order valence-electron chi connectivity index (χ3n) is 1.10. The van der Waals surface area contributed by atoms with Crippen LogP contribution in [-0.4, -0.2) is 22.0 Å². The Hall–Kier alpha value is -1.65. The first-order valence-electron chi connectivity index (χ1n) is 2.99. The molecular weight excluding hydrogens is 146 g/mol. The third-order valence-corrected chi connectivity index (χ3v) is 1.10. The highest BCUT2D eigenvalue weighted by atomic mass is 16.1. The molecule has 0 aromatic carbocycles. The van der Waals surface area contributed by atoms with Crippen LogP contribution >= 0.6 is 0 Å². The second-order valence-corrected chi connectivity index (χ2v) is 2.02. The molecule has 2 N–H and O–H groups in total. The van der Waals surface area contributed by atoms with Crippen molar-refractivity contribution in [3.8, 4) is 0 Å². The maximum atomic E-state index is 10.3. The zero-order chi connectivity index (χ0) is 8.27. The van der Waals surface area contributed by atoms with E-state index in [1.807, 2.05) is 0 Å². The average molecular weight is 153 g/mol. The van der Waals surface area contributed by atoms with Crippen molar-refractivity contribution in [2.75, 3.05) is 0 Å². The Bertz CT molecular complexity index is 279. The largest absolute Gasteiger partial charge is 0.368 e. The summed E-state index contributed by atoms with van der Waals surface area (Å²) in [6, 6.07) is 1.51. The first-order chi connectivity index (χ1) is 5.22. The van der Waals surface area contributed by atoms with Gasteiger partial charge in [0.2, 0.25) is 5.91 Å². The molecule has 1 aromatic rings. The monoisotopic (exact) mass is 153 g/mol. The van der Waals surface area contributed by atoms with E-state index in [4.69, 9.17) is 5.73 Å². The van der Waals surface area contributed by atoms with E-state index in [0.29, 0.717) is 12.0 Å². The first kappa shape index (κ1) is 7.46. The summed E-state index contributed by atoms with van der Waals surface area (Å²) in [5.74, 6) is -0.481. The summed E-state index contributed by atoms with van der Waals surface area (Å²) in [6.07, 6.45) is 2.13. The normalized spacial score (nSPS) is 9.45. The van der Waals surface area contributed by atoms with E-state index in [-0.39, 0.29) is 6.54 Å². The van der Waals surface area contributed by atoms with Crippen LogP contribution in [0.5, 0.6) is 0 Å². The molecule has 58 valence electrons. The molecule has 0 atom stereocenters. The van der Waals surface area contributed by atoms with Crippen LogP contribution in [0.15, 0.2) is 12.3 Å². The minimum Gasteiger partial charge on any atom is -0.368 e. The maximum absolute atomic E-state index is 10.3. The summed E-state index contributed by atoms with van der Waals surface area (Å²) in [5.41, 5.74) is 5.18. The van der Waals surface area contributed by atoms with E-state index in [2.05, 4.69) is 5.10 Å². The minimum atomic E-state index is -0.481. The van der Waals surface area contributed by atoms with E-state index < -0.39 is 5.91 Å². The summed E-state index contributed by atoms with van der Waals surface area (Å²) >= 11 is 0. The van der Waals surface area contributed by atoms with Gasteiger partial charge in [0, 0.05) is 6.20 Å². The van der Waals surface area contributed by atoms with Gasteiger partial charge in [-0.3, -0.25) is 14.3 Å². The van der Waals surface area contributed by atoms with Crippen molar-refractivity contribution in [3.05, 3.63) is 18.0 Å². The lowest BCUT2D eigenvalue weighted by Crippen LogP contribution is -2.18. The number of nitrogens with two attached hydrogens (primary N) is 1. The molecule has 11 heavy (non-hydrogen) atoms. The number of amides is 1. The third kappa shape index (κ3) is 1.89. The van der Waals surface area contributed by atoms with Crippen LogP contribution in [0.2, 0.25) is 0 Å². The highest BCUT2D eigenvalue weighted by Crippen LogP contribution is 1.90. The second-order valence-electron chi connectivity index (χ2n) is 2.02. The van der Waals surface area contributed by atoms with E-state index in [9.17, 15) is 9.59 Å². The molecule has 1 aromatic heterocycles. The van der Waals surface area contributed by atoms with Crippen LogP contribution in [0.4, 0.5) is 0 Å². The predicted octanol–water partition coefficient (Wildman–Crippen LogP) is -0.819. The fourth-order valence-corrected chi connectivity index (χ4v) is 0.688. The van der Waals surface area contributed by atoms with E-state index in [1.165, 1.54) is 16.9 Å². The van der Waals surface area contributed by atoms with Crippen molar-refractivity contribution in [1.82, 2.24) is 9.78 Å². The van der Waals surface area contributed by atoms with Crippen LogP contribution in [0, 0.1) is 0 Å². The molecule has 0 spiro atoms. The Morgan fingerprint density at radius 3 is 3.00 bits per heavy atom. The fourth-order valence-electron chi connectivity index (χ4n) is 0.688. The molecular formula is C6H7N3O2. The molecule has 5 heteroatoms. The summed E-state index contributed by atoms with van der Waals surface area (Å²) in [4.78, 5) is 20.5. The van der Waals surface area contributed by atoms with E-state index in [1.54, 1.807) is 0 Å². The number of primary amides is 1. The number of aldehydes is 1. The van der Waals surface area contributed by atoms with Gasteiger partial charge in [-0.15, -0.1) is 0 Å². The minimum absolute atomic E-state index is 0.00778. The summed E-state index contributed by atoms with van der Waals surface area (Å²) in [7, 11) is 0. The molecule has 0 unspecified atom stereocenters. The Kier molecular flexibility index (Phi) is 2.00. The standard InChI is InChI=1S/C6H7N3O2/c7-6(11)3-9-2-1-5(4-10)8-9/h1-2,4H,3H2,(H2,7,11). The highest BCUT2D eigenvalue weighted by Gasteiger charge is 1.98. The van der Waals surface area contributed by atoms with Gasteiger partial charge in [0.25, 0.3) is 0 Å². The molecule has 0 aliphatic carbocycles. The average Bonchev–Trinajstić information content (AvgIpc) is 2.34. The molecule has 1 rings (SSSR count). The lowest BCUT2D eigenvalue weighted by molar-refractivity contribution is -0.118. The Morgan fingerprint density at radius 1 is 1.82 bits per heavy atom. The zero-order valence-corrected chi connectivity index (χ0v) is 5.73. The van der Waals surface area contributed by atoms with Crippen LogP contribution in [-0.2, 0) is 11.3 Å². The molecule has 0 saturated heterocycles. The quantitative estimate of drug-likeness (QED) is 0.576. The van der Waals surface area contributed by atoms with Crippen LogP contribution in [0.3, 0.4) is 0 Å². The molecule has 1 heterocycles. The van der Waals surface area contributed by atoms with Crippen LogP contribution < -0.4 is 5.73 Å². The van der Waals surface area contributed by atoms with Gasteiger partial charge in [0.05, 0.1) is 0 Å². The maximum Gasteiger partial charge on any atom is 0.239 e. The summed E-state index contributed by atoms with van der Waals surface area (Å²) in [5, 5.41) is 3.72. The van der Waals surface area contributed by atoms with Gasteiger partial charge in [0.15, 0.2) is 6.29 Å². The topological polar surface area (TPSA) is 78.0 Å². The molecule has 0 bridgehead atoms. The Morgan fingerprint density at radius 2 is 2.55 bits per heavy atom. The molecule has 0 saturated carbocycles. The predicted molar refractivity (Wildman–Crippen MR) is 36.8 cm³/mol. The number of hydrogen-bond donors (Lipinski definition) is 1. The van der Waals surface area contributed by atoms with Gasteiger partial charge in [-0.2, -0.15) is 5.10 Å². The molecule has 0 aliphatic rings. The number of carbonyl (C=O) groups is 2.